The molecule has 0 aliphatic rings. The number of hydrogen-bond donors (Lipinski definition) is 0. The van der Waals surface area contributed by atoms with Crippen LogP contribution in [0.4, 0.5) is 0 Å². The summed E-state index contributed by atoms with van der Waals surface area (Å²) in [5, 5.41) is 0. The summed E-state index contributed by atoms with van der Waals surface area (Å²) in [5.41, 5.74) is 0. The Morgan fingerprint density at radius 1 is 0.280 bits per heavy atom. The fraction of sp³-hybridized carbons (Fsp3) is 0. The Hall–Kier alpha value is -2.06. The average molecular weight is 403 g/mol. The predicted molar refractivity (Wildman–Crippen MR) is 97.5 cm³/mol. The molecule has 3 aromatic carbocycles. The quantitative estimate of drug-likeness (QED) is 0.346. The fourth-order valence-corrected chi connectivity index (χ4v) is 1.03. The molecule has 0 spiro atoms. The molecule has 0 unspecified atom stereocenters. The average Bonchev–Trinajstić information content (AvgIpc) is 2.54. The van der Waals surface area contributed by atoms with Crippen LogP contribution in [0, 0.1) is 18.2 Å². The molecule has 0 aliphatic heterocycles. The second-order valence-electron chi connectivity index (χ2n) is 3.23. The van der Waals surface area contributed by atoms with Crippen molar-refractivity contribution in [2.75, 3.05) is 0 Å². The zero-order valence-electron chi connectivity index (χ0n) is 13.5. The normalized spacial score (nSPS) is 5.76. The molecule has 25 heavy (non-hydrogen) atoms. The van der Waals surface area contributed by atoms with Crippen molar-refractivity contribution in [1.29, 1.82) is 0 Å². The van der Waals surface area contributed by atoms with E-state index in [1.807, 2.05) is 91.0 Å². The first-order valence-corrected chi connectivity index (χ1v) is 5.73. The summed E-state index contributed by atoms with van der Waals surface area (Å²) < 4.78 is 0. The molecular weight excluding hydrogens is 376 g/mol. The van der Waals surface area contributed by atoms with E-state index < -0.39 is 0 Å². The molecule has 0 aliphatic carbocycles. The van der Waals surface area contributed by atoms with E-state index in [0.29, 0.717) is 0 Å². The van der Waals surface area contributed by atoms with Gasteiger partial charge in [0.2, 0.25) is 0 Å². The van der Waals surface area contributed by atoms with Gasteiger partial charge in [-0.1, -0.05) is 0 Å². The summed E-state index contributed by atoms with van der Waals surface area (Å²) in [6, 6.07) is 37.5. The minimum atomic E-state index is 0. The number of benzene rings is 3. The van der Waals surface area contributed by atoms with Gasteiger partial charge in [0, 0.05) is 17.1 Å². The first kappa shape index (κ1) is 43.5. The molecule has 0 fully saturated rings. The molecule has 0 atom stereocenters. The predicted octanol–water partition coefficient (Wildman–Crippen LogP) is -0.490. The largest absolute Gasteiger partial charge is 0.412 e. The molecule has 6 nitrogen and oxygen atoms in total. The summed E-state index contributed by atoms with van der Waals surface area (Å²) in [5.74, 6) is 0. The summed E-state index contributed by atoms with van der Waals surface area (Å²) in [6.45, 7) is 0. The monoisotopic (exact) mass is 402 g/mol. The van der Waals surface area contributed by atoms with Crippen molar-refractivity contribution >= 4 is 0 Å². The molecule has 0 saturated carbocycles. The van der Waals surface area contributed by atoms with Crippen LogP contribution in [0.5, 0.6) is 0 Å². The molecule has 149 valence electrons. The minimum Gasteiger partial charge on any atom is -0.412 e. The van der Waals surface area contributed by atoms with Crippen molar-refractivity contribution in [3.63, 3.8) is 0 Å². The maximum atomic E-state index is 2.89. The van der Waals surface area contributed by atoms with Crippen LogP contribution in [-0.2, 0) is 17.1 Å². The van der Waals surface area contributed by atoms with Crippen LogP contribution in [0.15, 0.2) is 91.0 Å². The van der Waals surface area contributed by atoms with E-state index >= 15 is 0 Å². The van der Waals surface area contributed by atoms with Crippen molar-refractivity contribution in [2.45, 2.75) is 0 Å². The zero-order chi connectivity index (χ0) is 12.7. The van der Waals surface area contributed by atoms with Crippen molar-refractivity contribution in [2.24, 2.45) is 0 Å². The molecule has 7 heteroatoms. The second-order valence-corrected chi connectivity index (χ2v) is 3.23. The van der Waals surface area contributed by atoms with Gasteiger partial charge < -0.3 is 32.9 Å². The van der Waals surface area contributed by atoms with Gasteiger partial charge in [-0.05, 0) is 0 Å². The fourth-order valence-electron chi connectivity index (χ4n) is 1.03. The van der Waals surface area contributed by atoms with Gasteiger partial charge in [0.15, 0.2) is 0 Å². The Bertz CT molecular complexity index is 316. The van der Waals surface area contributed by atoms with E-state index in [4.69, 9.17) is 0 Å². The van der Waals surface area contributed by atoms with Crippen LogP contribution in [-0.4, -0.2) is 32.9 Å². The first-order valence-electron chi connectivity index (χ1n) is 5.73. The van der Waals surface area contributed by atoms with Crippen molar-refractivity contribution in [3.8, 4) is 0 Å². The standard InChI is InChI=1S/3C6H5.Cu.6H2O/c3*1-2-4-6-5-3-1;;;;;;;/h3*1-5H;;6*1H2/q3*-1;;;;;;;. The van der Waals surface area contributed by atoms with Crippen LogP contribution < -0.4 is 0 Å². The van der Waals surface area contributed by atoms with Crippen LogP contribution in [0.1, 0.15) is 0 Å². The molecule has 3 rings (SSSR count). The number of hydrogen-bond acceptors (Lipinski definition) is 0. The van der Waals surface area contributed by atoms with E-state index in [9.17, 15) is 0 Å². The van der Waals surface area contributed by atoms with E-state index in [1.54, 1.807) is 0 Å². The van der Waals surface area contributed by atoms with Gasteiger partial charge in [-0.2, -0.15) is 109 Å². The van der Waals surface area contributed by atoms with E-state index in [0.717, 1.165) is 0 Å². The third kappa shape index (κ3) is 34.3. The summed E-state index contributed by atoms with van der Waals surface area (Å²) >= 11 is 0. The van der Waals surface area contributed by atoms with Crippen LogP contribution in [0.25, 0.3) is 0 Å². The molecule has 12 N–H and O–H groups in total. The molecular formula is C18H27CuO6-3. The molecule has 0 heterocycles. The van der Waals surface area contributed by atoms with E-state index in [1.165, 1.54) is 0 Å². The summed E-state index contributed by atoms with van der Waals surface area (Å²) in [4.78, 5) is 0. The Morgan fingerprint density at radius 3 is 0.480 bits per heavy atom. The van der Waals surface area contributed by atoms with E-state index in [2.05, 4.69) is 18.2 Å². The maximum absolute atomic E-state index is 2.89. The molecule has 3 aromatic rings. The van der Waals surface area contributed by atoms with Crippen molar-refractivity contribution < 1.29 is 49.9 Å². The van der Waals surface area contributed by atoms with Gasteiger partial charge in [0.1, 0.15) is 0 Å². The number of rotatable bonds is 0. The molecule has 0 amide bonds. The topological polar surface area (TPSA) is 189 Å². The van der Waals surface area contributed by atoms with Gasteiger partial charge in [0.25, 0.3) is 0 Å². The van der Waals surface area contributed by atoms with Gasteiger partial charge in [-0.25, -0.2) is 0 Å². The summed E-state index contributed by atoms with van der Waals surface area (Å²) in [7, 11) is 0. The first-order chi connectivity index (χ1) is 9.00. The second kappa shape index (κ2) is 37.9. The van der Waals surface area contributed by atoms with E-state index in [-0.39, 0.29) is 49.9 Å². The van der Waals surface area contributed by atoms with Gasteiger partial charge in [-0.15, -0.1) is 0 Å². The third-order valence-corrected chi connectivity index (χ3v) is 1.82. The molecule has 0 saturated heterocycles. The van der Waals surface area contributed by atoms with Crippen LogP contribution in [0.3, 0.4) is 0 Å². The smallest absolute Gasteiger partial charge is 0 e. The molecule has 0 bridgehead atoms. The SMILES string of the molecule is O.O.O.O.O.O.[Cu].[c-]1ccccc1.[c-]1ccccc1.[c-]1ccccc1. The van der Waals surface area contributed by atoms with Crippen LogP contribution >= 0.6 is 0 Å². The third-order valence-electron chi connectivity index (χ3n) is 1.82. The van der Waals surface area contributed by atoms with Crippen molar-refractivity contribution in [3.05, 3.63) is 109 Å². The molecule has 0 aromatic heterocycles. The Labute approximate surface area is 159 Å². The Balaban J connectivity index is -0.0000000341. The van der Waals surface area contributed by atoms with Crippen LogP contribution in [0.2, 0.25) is 0 Å². The van der Waals surface area contributed by atoms with Crippen molar-refractivity contribution in [1.82, 2.24) is 0 Å². The van der Waals surface area contributed by atoms with Gasteiger partial charge in [0.05, 0.1) is 0 Å². The summed E-state index contributed by atoms with van der Waals surface area (Å²) in [6.07, 6.45) is 0. The van der Waals surface area contributed by atoms with Gasteiger partial charge in [-0.3, -0.25) is 0 Å². The molecule has 1 radical (unpaired) electrons. The van der Waals surface area contributed by atoms with Gasteiger partial charge >= 0.3 is 0 Å². The minimum absolute atomic E-state index is 0. The maximum Gasteiger partial charge on any atom is 0 e. The Kier molecular flexibility index (Phi) is 65.8. The Morgan fingerprint density at radius 2 is 0.440 bits per heavy atom. The zero-order valence-corrected chi connectivity index (χ0v) is 14.4.